The van der Waals surface area contributed by atoms with Crippen molar-refractivity contribution in [3.8, 4) is 0 Å². The van der Waals surface area contributed by atoms with E-state index in [0.717, 1.165) is 32.6 Å². The van der Waals surface area contributed by atoms with Crippen molar-refractivity contribution in [2.45, 2.75) is 76.1 Å². The Morgan fingerprint density at radius 2 is 0.867 bits per heavy atom. The van der Waals surface area contributed by atoms with Crippen LogP contribution in [0.25, 0.3) is 0 Å². The molecule has 2 atom stereocenters. The molecule has 12 heteroatoms. The minimum atomic E-state index is -0.823. The van der Waals surface area contributed by atoms with E-state index in [4.69, 9.17) is 28.4 Å². The fraction of sp³-hybridized carbons (Fsp3) is 1.00. The summed E-state index contributed by atoms with van der Waals surface area (Å²) in [5, 5.41) is -1.65. The largest absolute Gasteiger partial charge is 0.372 e. The van der Waals surface area contributed by atoms with Gasteiger partial charge in [-0.25, -0.2) is 0 Å². The quantitative estimate of drug-likeness (QED) is 0.0939. The van der Waals surface area contributed by atoms with Gasteiger partial charge in [0.2, 0.25) is 0 Å². The van der Waals surface area contributed by atoms with Crippen molar-refractivity contribution in [2.24, 2.45) is 0 Å². The molecule has 0 aliphatic heterocycles. The summed E-state index contributed by atoms with van der Waals surface area (Å²) < 4.78 is 36.5. The first-order valence-electron chi connectivity index (χ1n) is 11.0. The first kappa shape index (κ1) is 31.6. The van der Waals surface area contributed by atoms with E-state index in [1.807, 2.05) is 41.5 Å². The van der Waals surface area contributed by atoms with Crippen LogP contribution in [-0.4, -0.2) is 82.6 Å². The Hall–Kier alpha value is 1.59. The molecule has 0 fully saturated rings. The van der Waals surface area contributed by atoms with Gasteiger partial charge in [0.1, 0.15) is 12.2 Å². The van der Waals surface area contributed by atoms with Crippen molar-refractivity contribution in [3.63, 3.8) is 0 Å². The van der Waals surface area contributed by atoms with E-state index in [1.165, 1.54) is 0 Å². The van der Waals surface area contributed by atoms with Gasteiger partial charge in [0.15, 0.2) is 0 Å². The van der Waals surface area contributed by atoms with Gasteiger partial charge in [-0.3, -0.25) is 0 Å². The summed E-state index contributed by atoms with van der Waals surface area (Å²) in [7, 11) is 8.38. The van der Waals surface area contributed by atoms with Crippen LogP contribution in [0, 0.1) is 0 Å². The maximum Gasteiger partial charge on any atom is 0.256 e. The Bertz CT molecular complexity index is 367. The lowest BCUT2D eigenvalue weighted by Gasteiger charge is -2.39. The van der Waals surface area contributed by atoms with Gasteiger partial charge < -0.3 is 28.4 Å². The standard InChI is InChI=1S/C18H42O6S4Si2/c1-7-19-15(13-29)17(21-9-3,22-10-4)25-27-28-26-18(23-11-5,24-12-6)16(14-30)20-8-2/h15-16H,7-14H2,1-6,29-30H3. The van der Waals surface area contributed by atoms with Crippen LogP contribution in [0.1, 0.15) is 41.5 Å². The molecular weight excluding hydrogens is 497 g/mol. The number of ether oxygens (including phenoxy) is 6. The third kappa shape index (κ3) is 10.2. The zero-order valence-electron chi connectivity index (χ0n) is 19.9. The van der Waals surface area contributed by atoms with Crippen LogP contribution in [-0.2, 0) is 28.4 Å². The molecular formula is C18H42O6S4Si2. The molecule has 0 aromatic carbocycles. The highest BCUT2D eigenvalue weighted by Crippen LogP contribution is 2.56. The molecule has 0 aromatic rings. The van der Waals surface area contributed by atoms with E-state index in [1.54, 1.807) is 41.2 Å². The molecule has 6 nitrogen and oxygen atoms in total. The zero-order chi connectivity index (χ0) is 22.9. The first-order valence-corrected chi connectivity index (χ1v) is 18.6. The predicted molar refractivity (Wildman–Crippen MR) is 143 cm³/mol. The lowest BCUT2D eigenvalue weighted by atomic mass is 10.3. The normalized spacial score (nSPS) is 15.0. The van der Waals surface area contributed by atoms with Crippen molar-refractivity contribution in [2.75, 3.05) is 39.6 Å². The third-order valence-corrected chi connectivity index (χ3v) is 12.3. The van der Waals surface area contributed by atoms with Gasteiger partial charge >= 0.3 is 0 Å². The van der Waals surface area contributed by atoms with Gasteiger partial charge in [-0.05, 0) is 94.9 Å². The smallest absolute Gasteiger partial charge is 0.256 e. The fourth-order valence-corrected chi connectivity index (χ4v) is 12.3. The average molecular weight is 539 g/mol. The highest BCUT2D eigenvalue weighted by atomic mass is 33.7. The van der Waals surface area contributed by atoms with Crippen molar-refractivity contribution >= 4 is 61.7 Å². The first-order chi connectivity index (χ1) is 14.5. The highest BCUT2D eigenvalue weighted by Gasteiger charge is 2.45. The molecule has 0 spiro atoms. The maximum absolute atomic E-state index is 6.12. The molecule has 0 N–H and O–H groups in total. The SMILES string of the molecule is CCOC(C[SiH3])C(OCC)(OCC)SSSSC(OCC)(OCC)C(C[SiH3])OCC. The van der Waals surface area contributed by atoms with Crippen molar-refractivity contribution in [1.29, 1.82) is 0 Å². The van der Waals surface area contributed by atoms with Gasteiger partial charge in [0, 0.05) is 60.1 Å². The van der Waals surface area contributed by atoms with Gasteiger partial charge in [-0.2, -0.15) is 0 Å². The monoisotopic (exact) mass is 538 g/mol. The van der Waals surface area contributed by atoms with Crippen LogP contribution in [0.5, 0.6) is 0 Å². The number of hydrogen-bond acceptors (Lipinski definition) is 10. The summed E-state index contributed by atoms with van der Waals surface area (Å²) in [6.07, 6.45) is -0.197. The van der Waals surface area contributed by atoms with E-state index in [2.05, 4.69) is 0 Å². The van der Waals surface area contributed by atoms with Crippen LogP contribution in [0.2, 0.25) is 12.1 Å². The third-order valence-electron chi connectivity index (χ3n) is 3.98. The van der Waals surface area contributed by atoms with Crippen LogP contribution in [0.4, 0.5) is 0 Å². The van der Waals surface area contributed by atoms with Crippen molar-refractivity contribution in [1.82, 2.24) is 0 Å². The minimum absolute atomic E-state index is 0.0986. The van der Waals surface area contributed by atoms with Gasteiger partial charge in [-0.1, -0.05) is 0 Å². The molecule has 30 heavy (non-hydrogen) atoms. The Balaban J connectivity index is 5.34. The molecule has 0 bridgehead atoms. The van der Waals surface area contributed by atoms with E-state index >= 15 is 0 Å². The van der Waals surface area contributed by atoms with E-state index in [0.29, 0.717) is 39.6 Å². The molecule has 0 aliphatic rings. The summed E-state index contributed by atoms with van der Waals surface area (Å²) >= 11 is 0. The second kappa shape index (κ2) is 19.0. The van der Waals surface area contributed by atoms with Gasteiger partial charge in [-0.15, -0.1) is 0 Å². The molecule has 0 saturated carbocycles. The van der Waals surface area contributed by atoms with E-state index < -0.39 is 10.2 Å². The molecule has 0 aliphatic carbocycles. The molecule has 2 unspecified atom stereocenters. The molecule has 0 radical (unpaired) electrons. The van der Waals surface area contributed by atoms with Gasteiger partial charge in [0.25, 0.3) is 10.2 Å². The van der Waals surface area contributed by atoms with Crippen molar-refractivity contribution < 1.29 is 28.4 Å². The summed E-state index contributed by atoms with van der Waals surface area (Å²) in [6.45, 7) is 15.5. The summed E-state index contributed by atoms with van der Waals surface area (Å²) in [6, 6.07) is 1.88. The van der Waals surface area contributed by atoms with E-state index in [9.17, 15) is 0 Å². The van der Waals surface area contributed by atoms with Crippen LogP contribution in [0.3, 0.4) is 0 Å². The molecule has 0 aromatic heterocycles. The molecule has 0 saturated heterocycles. The molecule has 0 heterocycles. The fourth-order valence-electron chi connectivity index (χ4n) is 2.93. The summed E-state index contributed by atoms with van der Waals surface area (Å²) in [5.41, 5.74) is 0. The summed E-state index contributed by atoms with van der Waals surface area (Å²) in [4.78, 5) is 0. The topological polar surface area (TPSA) is 55.4 Å². The zero-order valence-corrected chi connectivity index (χ0v) is 27.2. The predicted octanol–water partition coefficient (Wildman–Crippen LogP) is 3.50. The van der Waals surface area contributed by atoms with Crippen LogP contribution >= 0.6 is 41.2 Å². The Labute approximate surface area is 205 Å². The number of hydrogen-bond donors (Lipinski definition) is 0. The lowest BCUT2D eigenvalue weighted by molar-refractivity contribution is -0.222. The minimum Gasteiger partial charge on any atom is -0.372 e. The molecule has 0 amide bonds. The van der Waals surface area contributed by atoms with Gasteiger partial charge in [0.05, 0.1) is 0 Å². The maximum atomic E-state index is 6.12. The lowest BCUT2D eigenvalue weighted by Crippen LogP contribution is -2.46. The number of rotatable bonds is 21. The molecule has 0 rings (SSSR count). The molecule has 182 valence electrons. The van der Waals surface area contributed by atoms with Crippen molar-refractivity contribution in [3.05, 3.63) is 0 Å². The Morgan fingerprint density at radius 3 is 1.07 bits per heavy atom. The second-order valence-electron chi connectivity index (χ2n) is 5.95. The van der Waals surface area contributed by atoms with Crippen LogP contribution in [0.15, 0.2) is 0 Å². The average Bonchev–Trinajstić information content (AvgIpc) is 2.73. The Kier molecular flexibility index (Phi) is 20.0. The highest BCUT2D eigenvalue weighted by molar-refractivity contribution is 9.26. The Morgan fingerprint density at radius 1 is 0.567 bits per heavy atom. The van der Waals surface area contributed by atoms with E-state index in [-0.39, 0.29) is 12.2 Å². The second-order valence-corrected chi connectivity index (χ2v) is 13.6. The summed E-state index contributed by atoms with van der Waals surface area (Å²) in [5.74, 6) is 0. The van der Waals surface area contributed by atoms with Crippen LogP contribution < -0.4 is 0 Å².